The predicted octanol–water partition coefficient (Wildman–Crippen LogP) is 2.62. The fourth-order valence-electron chi connectivity index (χ4n) is 1.40. The molecular formula is C12H14N2OS. The zero-order valence-electron chi connectivity index (χ0n) is 9.29. The first kappa shape index (κ1) is 11.2. The van der Waals surface area contributed by atoms with Gasteiger partial charge in [0.05, 0.1) is 17.2 Å². The summed E-state index contributed by atoms with van der Waals surface area (Å²) in [6, 6.07) is 7.92. The van der Waals surface area contributed by atoms with Gasteiger partial charge in [-0.1, -0.05) is 23.9 Å². The summed E-state index contributed by atoms with van der Waals surface area (Å²) in [4.78, 5) is 2.27. The van der Waals surface area contributed by atoms with Gasteiger partial charge in [-0.25, -0.2) is 0 Å². The Labute approximate surface area is 99.1 Å². The van der Waals surface area contributed by atoms with E-state index in [9.17, 15) is 5.11 Å². The summed E-state index contributed by atoms with van der Waals surface area (Å²) in [5.74, 6) is 0. The number of nitrogens with zero attached hydrogens (tertiary/aromatic N) is 2. The predicted molar refractivity (Wildman–Crippen MR) is 64.4 cm³/mol. The van der Waals surface area contributed by atoms with Gasteiger partial charge in [0.25, 0.3) is 0 Å². The standard InChI is InChI=1S/C12H14N2OS/c1-9(15)10-3-5-11(6-4-10)16-12-7-13-14(2)8-12/h3-9,15H,1-2H3. The highest BCUT2D eigenvalue weighted by atomic mass is 32.2. The van der Waals surface area contributed by atoms with Crippen LogP contribution >= 0.6 is 11.8 Å². The van der Waals surface area contributed by atoms with E-state index in [2.05, 4.69) is 5.10 Å². The van der Waals surface area contributed by atoms with Crippen LogP contribution in [0.25, 0.3) is 0 Å². The van der Waals surface area contributed by atoms with E-state index in [0.717, 1.165) is 15.4 Å². The van der Waals surface area contributed by atoms with Crippen molar-refractivity contribution < 1.29 is 5.11 Å². The summed E-state index contributed by atoms with van der Waals surface area (Å²) >= 11 is 1.66. The lowest BCUT2D eigenvalue weighted by Gasteiger charge is -2.05. The first-order valence-corrected chi connectivity index (χ1v) is 5.91. The summed E-state index contributed by atoms with van der Waals surface area (Å²) in [6.45, 7) is 1.77. The minimum Gasteiger partial charge on any atom is -0.389 e. The minimum absolute atomic E-state index is 0.405. The molecule has 1 unspecified atom stereocenters. The van der Waals surface area contributed by atoms with Crippen LogP contribution < -0.4 is 0 Å². The molecule has 1 N–H and O–H groups in total. The number of rotatable bonds is 3. The van der Waals surface area contributed by atoms with Crippen LogP contribution in [0.2, 0.25) is 0 Å². The molecule has 4 heteroatoms. The van der Waals surface area contributed by atoms with Gasteiger partial charge < -0.3 is 5.11 Å². The minimum atomic E-state index is -0.405. The maximum atomic E-state index is 9.39. The van der Waals surface area contributed by atoms with Crippen molar-refractivity contribution in [3.8, 4) is 0 Å². The van der Waals surface area contributed by atoms with Gasteiger partial charge >= 0.3 is 0 Å². The third-order valence-electron chi connectivity index (χ3n) is 2.28. The van der Waals surface area contributed by atoms with E-state index in [1.807, 2.05) is 43.7 Å². The Morgan fingerprint density at radius 3 is 2.44 bits per heavy atom. The van der Waals surface area contributed by atoms with Crippen LogP contribution in [0.3, 0.4) is 0 Å². The summed E-state index contributed by atoms with van der Waals surface area (Å²) in [7, 11) is 1.90. The van der Waals surface area contributed by atoms with Crippen molar-refractivity contribution in [2.75, 3.05) is 0 Å². The first-order chi connectivity index (χ1) is 7.65. The molecule has 1 aromatic carbocycles. The maximum absolute atomic E-state index is 9.39. The van der Waals surface area contributed by atoms with E-state index in [1.54, 1.807) is 23.4 Å². The first-order valence-electron chi connectivity index (χ1n) is 5.09. The summed E-state index contributed by atoms with van der Waals surface area (Å²) < 4.78 is 1.78. The molecule has 0 aliphatic carbocycles. The van der Waals surface area contributed by atoms with Gasteiger partial charge in [0.15, 0.2) is 0 Å². The number of hydrogen-bond acceptors (Lipinski definition) is 3. The van der Waals surface area contributed by atoms with Gasteiger partial charge in [0, 0.05) is 18.1 Å². The molecule has 1 heterocycles. The van der Waals surface area contributed by atoms with Crippen molar-refractivity contribution in [3.05, 3.63) is 42.2 Å². The Hall–Kier alpha value is -1.26. The lowest BCUT2D eigenvalue weighted by atomic mass is 10.1. The summed E-state index contributed by atoms with van der Waals surface area (Å²) in [6.07, 6.45) is 3.41. The summed E-state index contributed by atoms with van der Waals surface area (Å²) in [5, 5.41) is 13.5. The monoisotopic (exact) mass is 234 g/mol. The van der Waals surface area contributed by atoms with Gasteiger partial charge in [0.2, 0.25) is 0 Å². The fourth-order valence-corrected chi connectivity index (χ4v) is 2.25. The van der Waals surface area contributed by atoms with E-state index >= 15 is 0 Å². The highest BCUT2D eigenvalue weighted by Gasteiger charge is 2.02. The van der Waals surface area contributed by atoms with Crippen molar-refractivity contribution in [2.45, 2.75) is 22.8 Å². The Morgan fingerprint density at radius 1 is 1.25 bits per heavy atom. The quantitative estimate of drug-likeness (QED) is 0.887. The Kier molecular flexibility index (Phi) is 3.31. The van der Waals surface area contributed by atoms with Gasteiger partial charge in [0.1, 0.15) is 0 Å². The number of aliphatic hydroxyl groups excluding tert-OH is 1. The second kappa shape index (κ2) is 4.72. The van der Waals surface area contributed by atoms with Gasteiger partial charge in [-0.3, -0.25) is 4.68 Å². The molecule has 0 amide bonds. The zero-order valence-corrected chi connectivity index (χ0v) is 10.1. The molecule has 1 aromatic heterocycles. The second-order valence-electron chi connectivity index (χ2n) is 3.70. The number of aromatic nitrogens is 2. The molecule has 0 radical (unpaired) electrons. The molecule has 0 saturated heterocycles. The third kappa shape index (κ3) is 2.65. The Morgan fingerprint density at radius 2 is 1.94 bits per heavy atom. The molecule has 2 rings (SSSR count). The molecule has 0 aliphatic heterocycles. The number of benzene rings is 1. The normalized spacial score (nSPS) is 12.7. The van der Waals surface area contributed by atoms with Crippen LogP contribution in [0, 0.1) is 0 Å². The molecule has 2 aromatic rings. The Bertz CT molecular complexity index is 462. The van der Waals surface area contributed by atoms with Gasteiger partial charge in [-0.15, -0.1) is 0 Å². The molecule has 3 nitrogen and oxygen atoms in total. The summed E-state index contributed by atoms with van der Waals surface area (Å²) in [5.41, 5.74) is 0.940. The molecule has 0 saturated carbocycles. The molecular weight excluding hydrogens is 220 g/mol. The average Bonchev–Trinajstić information content (AvgIpc) is 2.65. The molecule has 0 aliphatic rings. The maximum Gasteiger partial charge on any atom is 0.0761 e. The van der Waals surface area contributed by atoms with Crippen LogP contribution in [-0.2, 0) is 7.05 Å². The lowest BCUT2D eigenvalue weighted by molar-refractivity contribution is 0.199. The van der Waals surface area contributed by atoms with Crippen LogP contribution in [0.4, 0.5) is 0 Å². The van der Waals surface area contributed by atoms with E-state index in [-0.39, 0.29) is 0 Å². The van der Waals surface area contributed by atoms with Crippen LogP contribution in [-0.4, -0.2) is 14.9 Å². The largest absolute Gasteiger partial charge is 0.389 e. The molecule has 0 spiro atoms. The van der Waals surface area contributed by atoms with Gasteiger partial charge in [-0.05, 0) is 24.6 Å². The molecule has 16 heavy (non-hydrogen) atoms. The van der Waals surface area contributed by atoms with Crippen molar-refractivity contribution in [1.29, 1.82) is 0 Å². The van der Waals surface area contributed by atoms with Crippen molar-refractivity contribution in [1.82, 2.24) is 9.78 Å². The van der Waals surface area contributed by atoms with E-state index in [4.69, 9.17) is 0 Å². The smallest absolute Gasteiger partial charge is 0.0761 e. The number of hydrogen-bond donors (Lipinski definition) is 1. The topological polar surface area (TPSA) is 38.1 Å². The highest BCUT2D eigenvalue weighted by Crippen LogP contribution is 2.27. The number of aliphatic hydroxyl groups is 1. The van der Waals surface area contributed by atoms with Crippen LogP contribution in [0.1, 0.15) is 18.6 Å². The zero-order chi connectivity index (χ0) is 11.5. The Balaban J connectivity index is 2.11. The lowest BCUT2D eigenvalue weighted by Crippen LogP contribution is -1.89. The number of aryl methyl sites for hydroxylation is 1. The van der Waals surface area contributed by atoms with E-state index in [1.165, 1.54) is 0 Å². The molecule has 0 fully saturated rings. The van der Waals surface area contributed by atoms with E-state index < -0.39 is 6.10 Å². The third-order valence-corrected chi connectivity index (χ3v) is 3.23. The average molecular weight is 234 g/mol. The van der Waals surface area contributed by atoms with Crippen LogP contribution in [0.5, 0.6) is 0 Å². The van der Waals surface area contributed by atoms with Crippen LogP contribution in [0.15, 0.2) is 46.5 Å². The molecule has 84 valence electrons. The van der Waals surface area contributed by atoms with Crippen molar-refractivity contribution in [3.63, 3.8) is 0 Å². The fraction of sp³-hybridized carbons (Fsp3) is 0.250. The van der Waals surface area contributed by atoms with Crippen molar-refractivity contribution >= 4 is 11.8 Å². The molecule has 0 bridgehead atoms. The van der Waals surface area contributed by atoms with Crippen molar-refractivity contribution in [2.24, 2.45) is 7.05 Å². The van der Waals surface area contributed by atoms with Gasteiger partial charge in [-0.2, -0.15) is 5.10 Å². The second-order valence-corrected chi connectivity index (χ2v) is 4.84. The van der Waals surface area contributed by atoms with E-state index in [0.29, 0.717) is 0 Å². The SMILES string of the molecule is CC(O)c1ccc(Sc2cnn(C)c2)cc1. The molecule has 1 atom stereocenters. The highest BCUT2D eigenvalue weighted by molar-refractivity contribution is 7.99.